The number of thiophene rings is 1. The molecule has 5 nitrogen and oxygen atoms in total. The van der Waals surface area contributed by atoms with Crippen molar-refractivity contribution in [3.8, 4) is 0 Å². The topological polar surface area (TPSA) is 66.5 Å². The van der Waals surface area contributed by atoms with Crippen LogP contribution in [0.4, 0.5) is 0 Å². The molecule has 2 heterocycles. The van der Waals surface area contributed by atoms with Gasteiger partial charge in [0.1, 0.15) is 0 Å². The zero-order valence-electron chi connectivity index (χ0n) is 16.5. The lowest BCUT2D eigenvalue weighted by molar-refractivity contribution is -0.126. The lowest BCUT2D eigenvalue weighted by Gasteiger charge is -2.31. The summed E-state index contributed by atoms with van der Waals surface area (Å²) in [4.78, 5) is 14.4. The fraction of sp³-hybridized carbons (Fsp3) is 0.261. The summed E-state index contributed by atoms with van der Waals surface area (Å²) < 4.78 is 27.1. The first kappa shape index (κ1) is 20.8. The normalized spacial score (nSPS) is 16.8. The van der Waals surface area contributed by atoms with Crippen LogP contribution in [0.5, 0.6) is 0 Å². The Hall–Kier alpha value is -2.48. The largest absolute Gasteiger partial charge is 0.344 e. The van der Waals surface area contributed by atoms with E-state index >= 15 is 0 Å². The first-order valence-corrected chi connectivity index (χ1v) is 12.3. The first-order chi connectivity index (χ1) is 14.6. The molecule has 1 aromatic heterocycles. The molecule has 1 aliphatic rings. The molecule has 30 heavy (non-hydrogen) atoms. The van der Waals surface area contributed by atoms with Gasteiger partial charge in [0.2, 0.25) is 15.9 Å². The van der Waals surface area contributed by atoms with Crippen LogP contribution in [0.15, 0.2) is 83.1 Å². The molecule has 1 amide bonds. The van der Waals surface area contributed by atoms with E-state index in [2.05, 4.69) is 5.32 Å². The molecule has 0 aliphatic carbocycles. The molecule has 0 spiro atoms. The van der Waals surface area contributed by atoms with Crippen LogP contribution in [-0.2, 0) is 14.8 Å². The Labute approximate surface area is 181 Å². The number of hydrogen-bond acceptors (Lipinski definition) is 4. The number of carbonyl (C=O) groups excluding carboxylic acids is 1. The average molecular weight is 441 g/mol. The minimum absolute atomic E-state index is 0.0194. The number of sulfonamides is 1. The summed E-state index contributed by atoms with van der Waals surface area (Å²) in [7, 11) is -3.51. The van der Waals surface area contributed by atoms with Crippen molar-refractivity contribution in [2.75, 3.05) is 13.1 Å². The van der Waals surface area contributed by atoms with Gasteiger partial charge in [0, 0.05) is 23.9 Å². The summed E-state index contributed by atoms with van der Waals surface area (Å²) in [5.74, 6) is -0.215. The smallest absolute Gasteiger partial charge is 0.243 e. The van der Waals surface area contributed by atoms with Crippen molar-refractivity contribution in [1.29, 1.82) is 0 Å². The molecule has 0 saturated carbocycles. The highest BCUT2D eigenvalue weighted by Crippen LogP contribution is 2.28. The standard InChI is InChI=1S/C23H24N2O3S2/c26-23(24-22(21-12-7-17-29-21)18-8-3-1-4-9-18)19-13-15-25(16-14-19)30(27,28)20-10-5-2-6-11-20/h1-12,17,19,22H,13-16H2,(H,24,26). The van der Waals surface area contributed by atoms with Crippen LogP contribution in [0.3, 0.4) is 0 Å². The van der Waals surface area contributed by atoms with Gasteiger partial charge >= 0.3 is 0 Å². The Bertz CT molecular complexity index is 1060. The van der Waals surface area contributed by atoms with Crippen LogP contribution in [0.2, 0.25) is 0 Å². The summed E-state index contributed by atoms with van der Waals surface area (Å²) in [6.07, 6.45) is 1.04. The van der Waals surface area contributed by atoms with E-state index in [1.807, 2.05) is 47.8 Å². The highest BCUT2D eigenvalue weighted by Gasteiger charge is 2.33. The van der Waals surface area contributed by atoms with Crippen molar-refractivity contribution in [2.45, 2.75) is 23.8 Å². The average Bonchev–Trinajstić information content (AvgIpc) is 3.33. The zero-order chi connectivity index (χ0) is 21.0. The molecule has 1 fully saturated rings. The maximum Gasteiger partial charge on any atom is 0.243 e. The van der Waals surface area contributed by atoms with Gasteiger partial charge in [-0.15, -0.1) is 11.3 Å². The summed E-state index contributed by atoms with van der Waals surface area (Å²) in [5.41, 5.74) is 1.04. The third kappa shape index (κ3) is 4.48. The maximum absolute atomic E-state index is 13.0. The summed E-state index contributed by atoms with van der Waals surface area (Å²) in [6.45, 7) is 0.703. The van der Waals surface area contributed by atoms with Crippen LogP contribution in [0.25, 0.3) is 0 Å². The van der Waals surface area contributed by atoms with Crippen molar-refractivity contribution in [2.24, 2.45) is 5.92 Å². The molecule has 1 atom stereocenters. The number of amides is 1. The van der Waals surface area contributed by atoms with Crippen molar-refractivity contribution < 1.29 is 13.2 Å². The fourth-order valence-corrected chi connectivity index (χ4v) is 6.07. The Morgan fingerprint density at radius 1 is 0.933 bits per heavy atom. The van der Waals surface area contributed by atoms with Gasteiger partial charge in [-0.1, -0.05) is 54.6 Å². The molecule has 1 unspecified atom stereocenters. The lowest BCUT2D eigenvalue weighted by atomic mass is 9.96. The van der Waals surface area contributed by atoms with E-state index in [0.29, 0.717) is 30.8 Å². The highest BCUT2D eigenvalue weighted by molar-refractivity contribution is 7.89. The molecule has 7 heteroatoms. The van der Waals surface area contributed by atoms with E-state index < -0.39 is 10.0 Å². The van der Waals surface area contributed by atoms with Crippen molar-refractivity contribution in [1.82, 2.24) is 9.62 Å². The monoisotopic (exact) mass is 440 g/mol. The number of benzene rings is 2. The Kier molecular flexibility index (Phi) is 6.32. The Balaban J connectivity index is 1.43. The molecular weight excluding hydrogens is 416 g/mol. The van der Waals surface area contributed by atoms with Gasteiger partial charge in [0.05, 0.1) is 10.9 Å². The Morgan fingerprint density at radius 3 is 2.17 bits per heavy atom. The Morgan fingerprint density at radius 2 is 1.57 bits per heavy atom. The fourth-order valence-electron chi connectivity index (χ4n) is 3.78. The predicted octanol–water partition coefficient (Wildman–Crippen LogP) is 4.05. The van der Waals surface area contributed by atoms with E-state index in [1.165, 1.54) is 4.31 Å². The molecule has 3 aromatic rings. The first-order valence-electron chi connectivity index (χ1n) is 9.99. The number of nitrogens with zero attached hydrogens (tertiary/aromatic N) is 1. The molecular formula is C23H24N2O3S2. The zero-order valence-corrected chi connectivity index (χ0v) is 18.1. The second kappa shape index (κ2) is 9.12. The quantitative estimate of drug-likeness (QED) is 0.629. The van der Waals surface area contributed by atoms with Crippen molar-refractivity contribution in [3.05, 3.63) is 88.6 Å². The molecule has 0 bridgehead atoms. The van der Waals surface area contributed by atoms with Gasteiger partial charge in [-0.25, -0.2) is 8.42 Å². The molecule has 1 saturated heterocycles. The number of rotatable bonds is 6. The van der Waals surface area contributed by atoms with Crippen LogP contribution in [0.1, 0.15) is 29.3 Å². The minimum Gasteiger partial charge on any atom is -0.344 e. The van der Waals surface area contributed by atoms with Gasteiger partial charge in [0.25, 0.3) is 0 Å². The minimum atomic E-state index is -3.51. The van der Waals surface area contributed by atoms with Crippen molar-refractivity contribution >= 4 is 27.3 Å². The van der Waals surface area contributed by atoms with Crippen LogP contribution >= 0.6 is 11.3 Å². The van der Waals surface area contributed by atoms with Gasteiger partial charge in [-0.2, -0.15) is 4.31 Å². The molecule has 4 rings (SSSR count). The van der Waals surface area contributed by atoms with Crippen molar-refractivity contribution in [3.63, 3.8) is 0 Å². The molecule has 0 radical (unpaired) electrons. The van der Waals surface area contributed by atoms with E-state index in [1.54, 1.807) is 41.7 Å². The molecule has 1 aliphatic heterocycles. The lowest BCUT2D eigenvalue weighted by Crippen LogP contribution is -2.43. The third-order valence-electron chi connectivity index (χ3n) is 5.45. The summed E-state index contributed by atoms with van der Waals surface area (Å²) in [6, 6.07) is 22.2. The predicted molar refractivity (Wildman–Crippen MR) is 119 cm³/mol. The third-order valence-corrected chi connectivity index (χ3v) is 8.30. The SMILES string of the molecule is O=C(NC(c1ccccc1)c1cccs1)C1CCN(S(=O)(=O)c2ccccc2)CC1. The maximum atomic E-state index is 13.0. The number of piperidine rings is 1. The van der Waals surface area contributed by atoms with Gasteiger partial charge in [-0.05, 0) is 42.0 Å². The molecule has 2 aromatic carbocycles. The van der Waals surface area contributed by atoms with Gasteiger partial charge in [-0.3, -0.25) is 4.79 Å². The summed E-state index contributed by atoms with van der Waals surface area (Å²) in [5, 5.41) is 5.20. The van der Waals surface area contributed by atoms with E-state index in [9.17, 15) is 13.2 Å². The van der Waals surface area contributed by atoms with E-state index in [4.69, 9.17) is 0 Å². The molecule has 156 valence electrons. The number of carbonyl (C=O) groups is 1. The van der Waals surface area contributed by atoms with Crippen LogP contribution in [0, 0.1) is 5.92 Å². The second-order valence-electron chi connectivity index (χ2n) is 7.36. The van der Waals surface area contributed by atoms with Crippen LogP contribution in [-0.4, -0.2) is 31.7 Å². The van der Waals surface area contributed by atoms with Gasteiger partial charge < -0.3 is 5.32 Å². The number of nitrogens with one attached hydrogen (secondary N) is 1. The second-order valence-corrected chi connectivity index (χ2v) is 10.3. The molecule has 1 N–H and O–H groups in total. The van der Waals surface area contributed by atoms with Crippen LogP contribution < -0.4 is 5.32 Å². The summed E-state index contributed by atoms with van der Waals surface area (Å²) >= 11 is 1.61. The van der Waals surface area contributed by atoms with E-state index in [0.717, 1.165) is 10.4 Å². The van der Waals surface area contributed by atoms with E-state index in [-0.39, 0.29) is 17.9 Å². The van der Waals surface area contributed by atoms with Gasteiger partial charge in [0.15, 0.2) is 0 Å². The highest BCUT2D eigenvalue weighted by atomic mass is 32.2. The number of hydrogen-bond donors (Lipinski definition) is 1.